The van der Waals surface area contributed by atoms with Gasteiger partial charge in [0.15, 0.2) is 0 Å². The molecule has 1 aliphatic carbocycles. The largest absolute Gasteiger partial charge is 0.330 e. The van der Waals surface area contributed by atoms with Gasteiger partial charge in [-0.25, -0.2) is 4.68 Å². The number of hydrogen-bond donors (Lipinski definition) is 1. The topological polar surface area (TPSA) is 43.8 Å². The van der Waals surface area contributed by atoms with Crippen LogP contribution in [0.15, 0.2) is 24.3 Å². The first-order valence-corrected chi connectivity index (χ1v) is 7.03. The summed E-state index contributed by atoms with van der Waals surface area (Å²) in [4.78, 5) is 0. The highest BCUT2D eigenvalue weighted by Crippen LogP contribution is 2.29. The van der Waals surface area contributed by atoms with Gasteiger partial charge in [-0.1, -0.05) is 17.7 Å². The lowest BCUT2D eigenvalue weighted by Crippen LogP contribution is -2.23. The number of aryl methyl sites for hydroxylation is 2. The minimum Gasteiger partial charge on any atom is -0.330 e. The molecule has 1 heterocycles. The maximum Gasteiger partial charge on any atom is 0.0649 e. The molecule has 0 amide bonds. The molecule has 3 heteroatoms. The monoisotopic (exact) mass is 255 g/mol. The van der Waals surface area contributed by atoms with E-state index < -0.39 is 0 Å². The highest BCUT2D eigenvalue weighted by Gasteiger charge is 2.24. The summed E-state index contributed by atoms with van der Waals surface area (Å²) < 4.78 is 2.12. The molecule has 1 aromatic carbocycles. The van der Waals surface area contributed by atoms with E-state index in [1.807, 2.05) is 0 Å². The highest BCUT2D eigenvalue weighted by molar-refractivity contribution is 5.40. The van der Waals surface area contributed by atoms with Gasteiger partial charge in [0, 0.05) is 5.69 Å². The van der Waals surface area contributed by atoms with Crippen LogP contribution in [0.25, 0.3) is 5.69 Å². The van der Waals surface area contributed by atoms with Gasteiger partial charge in [-0.15, -0.1) is 0 Å². The first-order valence-electron chi connectivity index (χ1n) is 7.03. The minimum atomic E-state index is 0.627. The fourth-order valence-corrected chi connectivity index (χ4v) is 2.96. The van der Waals surface area contributed by atoms with Crippen molar-refractivity contribution < 1.29 is 0 Å². The van der Waals surface area contributed by atoms with Crippen molar-refractivity contribution in [3.63, 3.8) is 0 Å². The molecule has 0 spiro atoms. The Kier molecular flexibility index (Phi) is 3.15. The van der Waals surface area contributed by atoms with E-state index in [1.54, 1.807) is 0 Å². The standard InChI is InChI=1S/C16H21N3/c1-11-3-6-14(7-4-11)19-16-8-5-13(10-17)9-15(16)12(2)18-19/h3-4,6-7,13H,5,8-10,17H2,1-2H3. The quantitative estimate of drug-likeness (QED) is 0.896. The lowest BCUT2D eigenvalue weighted by Gasteiger charge is -2.21. The van der Waals surface area contributed by atoms with Gasteiger partial charge in [-0.05, 0) is 63.3 Å². The molecule has 1 aliphatic rings. The zero-order chi connectivity index (χ0) is 13.4. The number of rotatable bonds is 2. The molecule has 0 aliphatic heterocycles. The van der Waals surface area contributed by atoms with Crippen LogP contribution in [-0.2, 0) is 12.8 Å². The van der Waals surface area contributed by atoms with E-state index in [-0.39, 0.29) is 0 Å². The minimum absolute atomic E-state index is 0.627. The van der Waals surface area contributed by atoms with Gasteiger partial charge in [0.1, 0.15) is 0 Å². The Morgan fingerprint density at radius 1 is 1.26 bits per heavy atom. The summed E-state index contributed by atoms with van der Waals surface area (Å²) in [6.45, 7) is 5.01. The molecule has 1 unspecified atom stereocenters. The van der Waals surface area contributed by atoms with Gasteiger partial charge in [-0.2, -0.15) is 5.10 Å². The van der Waals surface area contributed by atoms with Crippen LogP contribution in [0, 0.1) is 19.8 Å². The summed E-state index contributed by atoms with van der Waals surface area (Å²) in [5.41, 5.74) is 12.2. The first kappa shape index (κ1) is 12.4. The number of hydrogen-bond acceptors (Lipinski definition) is 2. The van der Waals surface area contributed by atoms with Crippen LogP contribution >= 0.6 is 0 Å². The van der Waals surface area contributed by atoms with Gasteiger partial charge >= 0.3 is 0 Å². The summed E-state index contributed by atoms with van der Waals surface area (Å²) in [5, 5.41) is 4.74. The number of nitrogens with two attached hydrogens (primary N) is 1. The maximum absolute atomic E-state index is 5.82. The lowest BCUT2D eigenvalue weighted by atomic mass is 9.86. The van der Waals surface area contributed by atoms with Gasteiger partial charge in [-0.3, -0.25) is 0 Å². The molecule has 1 atom stereocenters. The van der Waals surface area contributed by atoms with E-state index in [0.29, 0.717) is 5.92 Å². The van der Waals surface area contributed by atoms with E-state index >= 15 is 0 Å². The summed E-state index contributed by atoms with van der Waals surface area (Å²) >= 11 is 0. The van der Waals surface area contributed by atoms with Crippen molar-refractivity contribution in [2.24, 2.45) is 11.7 Å². The van der Waals surface area contributed by atoms with Crippen molar-refractivity contribution in [1.29, 1.82) is 0 Å². The predicted molar refractivity (Wildman–Crippen MR) is 77.6 cm³/mol. The second kappa shape index (κ2) is 4.82. The Hall–Kier alpha value is -1.61. The van der Waals surface area contributed by atoms with E-state index in [4.69, 9.17) is 10.8 Å². The molecule has 0 saturated heterocycles. The Morgan fingerprint density at radius 3 is 2.68 bits per heavy atom. The second-order valence-corrected chi connectivity index (χ2v) is 5.60. The van der Waals surface area contributed by atoms with E-state index in [0.717, 1.165) is 25.1 Å². The molecular weight excluding hydrogens is 234 g/mol. The Labute approximate surface area is 114 Å². The lowest BCUT2D eigenvalue weighted by molar-refractivity contribution is 0.461. The zero-order valence-corrected chi connectivity index (χ0v) is 11.7. The molecular formula is C16H21N3. The third kappa shape index (κ3) is 2.19. The van der Waals surface area contributed by atoms with Crippen molar-refractivity contribution in [2.75, 3.05) is 6.54 Å². The number of benzene rings is 1. The van der Waals surface area contributed by atoms with E-state index in [9.17, 15) is 0 Å². The molecule has 2 aromatic rings. The van der Waals surface area contributed by atoms with Crippen molar-refractivity contribution in [3.8, 4) is 5.69 Å². The van der Waals surface area contributed by atoms with Crippen LogP contribution < -0.4 is 5.73 Å². The molecule has 100 valence electrons. The number of fused-ring (bicyclic) bond motifs is 1. The molecule has 0 fully saturated rings. The van der Waals surface area contributed by atoms with Crippen molar-refractivity contribution >= 4 is 0 Å². The average molecular weight is 255 g/mol. The molecule has 3 nitrogen and oxygen atoms in total. The molecule has 3 rings (SSSR count). The molecule has 0 bridgehead atoms. The Balaban J connectivity index is 2.03. The SMILES string of the molecule is Cc1ccc(-n2nc(C)c3c2CCC(CN)C3)cc1. The van der Waals surface area contributed by atoms with Crippen molar-refractivity contribution in [2.45, 2.75) is 33.1 Å². The Bertz CT molecular complexity index is 581. The fourth-order valence-electron chi connectivity index (χ4n) is 2.96. The number of aromatic nitrogens is 2. The molecule has 0 radical (unpaired) electrons. The van der Waals surface area contributed by atoms with Crippen LogP contribution in [0.1, 0.15) is 28.9 Å². The highest BCUT2D eigenvalue weighted by atomic mass is 15.3. The van der Waals surface area contributed by atoms with Crippen LogP contribution in [0.2, 0.25) is 0 Å². The molecule has 2 N–H and O–H groups in total. The normalized spacial score (nSPS) is 18.4. The first-order chi connectivity index (χ1) is 9.19. The van der Waals surface area contributed by atoms with Crippen LogP contribution in [0.3, 0.4) is 0 Å². The maximum atomic E-state index is 5.82. The summed E-state index contributed by atoms with van der Waals surface area (Å²) in [7, 11) is 0. The van der Waals surface area contributed by atoms with Gasteiger partial charge in [0.05, 0.1) is 11.4 Å². The van der Waals surface area contributed by atoms with Crippen molar-refractivity contribution in [1.82, 2.24) is 9.78 Å². The van der Waals surface area contributed by atoms with E-state index in [2.05, 4.69) is 42.8 Å². The molecule has 0 saturated carbocycles. The van der Waals surface area contributed by atoms with Gasteiger partial charge in [0.2, 0.25) is 0 Å². The summed E-state index contributed by atoms with van der Waals surface area (Å²) in [6.07, 6.45) is 3.36. The second-order valence-electron chi connectivity index (χ2n) is 5.60. The van der Waals surface area contributed by atoms with Crippen LogP contribution in [-0.4, -0.2) is 16.3 Å². The van der Waals surface area contributed by atoms with Gasteiger partial charge in [0.25, 0.3) is 0 Å². The summed E-state index contributed by atoms with van der Waals surface area (Å²) in [5.74, 6) is 0.627. The third-order valence-corrected chi connectivity index (χ3v) is 4.18. The predicted octanol–water partition coefficient (Wildman–Crippen LogP) is 2.55. The number of nitrogens with zero attached hydrogens (tertiary/aromatic N) is 2. The van der Waals surface area contributed by atoms with E-state index in [1.165, 1.54) is 28.9 Å². The van der Waals surface area contributed by atoms with Crippen molar-refractivity contribution in [3.05, 3.63) is 46.8 Å². The van der Waals surface area contributed by atoms with Gasteiger partial charge < -0.3 is 5.73 Å². The summed E-state index contributed by atoms with van der Waals surface area (Å²) in [6, 6.07) is 8.59. The molecule has 19 heavy (non-hydrogen) atoms. The average Bonchev–Trinajstić information content (AvgIpc) is 2.76. The Morgan fingerprint density at radius 2 is 2.00 bits per heavy atom. The molecule has 1 aromatic heterocycles. The zero-order valence-electron chi connectivity index (χ0n) is 11.7. The smallest absolute Gasteiger partial charge is 0.0649 e. The third-order valence-electron chi connectivity index (χ3n) is 4.18. The van der Waals surface area contributed by atoms with Crippen LogP contribution in [0.5, 0.6) is 0 Å². The fraction of sp³-hybridized carbons (Fsp3) is 0.438. The van der Waals surface area contributed by atoms with Crippen LogP contribution in [0.4, 0.5) is 0 Å².